The number of carbonyl (C=O) groups excluding carboxylic acids is 6. The van der Waals surface area contributed by atoms with E-state index in [4.69, 9.17) is 4.74 Å². The molecular weight excluding hydrogens is 698 g/mol. The van der Waals surface area contributed by atoms with E-state index in [2.05, 4.69) is 31.9 Å². The first-order chi connectivity index (χ1) is 25.6. The molecule has 0 saturated carbocycles. The van der Waals surface area contributed by atoms with Crippen molar-refractivity contribution in [1.82, 2.24) is 26.6 Å². The highest BCUT2D eigenvalue weighted by Gasteiger charge is 2.30. The van der Waals surface area contributed by atoms with Crippen LogP contribution in [0.15, 0.2) is 84.9 Å². The summed E-state index contributed by atoms with van der Waals surface area (Å²) in [5, 5.41) is 26.5. The molecule has 3 aromatic rings. The number of anilines is 1. The van der Waals surface area contributed by atoms with Gasteiger partial charge in [0.1, 0.15) is 36.8 Å². The van der Waals surface area contributed by atoms with Crippen molar-refractivity contribution in [3.05, 3.63) is 106 Å². The van der Waals surface area contributed by atoms with Crippen molar-refractivity contribution in [3.63, 3.8) is 0 Å². The van der Waals surface area contributed by atoms with E-state index >= 15 is 0 Å². The number of nitrogens with one attached hydrogen (secondary N) is 6. The Kier molecular flexibility index (Phi) is 16.1. The number of amides is 6. The Bertz CT molecular complexity index is 1760. The van der Waals surface area contributed by atoms with Crippen LogP contribution >= 0.6 is 0 Å². The van der Waals surface area contributed by atoms with Gasteiger partial charge >= 0.3 is 6.09 Å². The van der Waals surface area contributed by atoms with Gasteiger partial charge in [0, 0.05) is 24.2 Å². The number of ether oxygens (including phenoxy) is 1. The highest BCUT2D eigenvalue weighted by Crippen LogP contribution is 2.16. The summed E-state index contributed by atoms with van der Waals surface area (Å²) in [6, 6.07) is 17.7. The number of carbonyl (C=O) groups is 6. The third-order valence-corrected chi connectivity index (χ3v) is 8.05. The van der Waals surface area contributed by atoms with Crippen molar-refractivity contribution < 1.29 is 38.4 Å². The van der Waals surface area contributed by atoms with Crippen LogP contribution in [-0.4, -0.2) is 70.8 Å². The summed E-state index contributed by atoms with van der Waals surface area (Å²) in [6.07, 6.45) is -0.515. The molecule has 16 nitrogen and oxygen atoms in total. The Labute approximate surface area is 313 Å². The minimum absolute atomic E-state index is 0.00722. The molecule has 0 aliphatic heterocycles. The Balaban J connectivity index is 1.58. The Morgan fingerprint density at radius 2 is 1.07 bits per heavy atom. The van der Waals surface area contributed by atoms with E-state index in [-0.39, 0.29) is 36.7 Å². The third kappa shape index (κ3) is 14.0. The van der Waals surface area contributed by atoms with Crippen LogP contribution in [0.1, 0.15) is 52.2 Å². The fraction of sp³-hybridized carbons (Fsp3) is 0.368. The molecule has 5 atom stereocenters. The monoisotopic (exact) mass is 745 g/mol. The predicted molar refractivity (Wildman–Crippen MR) is 200 cm³/mol. The van der Waals surface area contributed by atoms with Gasteiger partial charge in [-0.3, -0.25) is 34.1 Å². The smallest absolute Gasteiger partial charge is 0.408 e. The lowest BCUT2D eigenvalue weighted by molar-refractivity contribution is -0.384. The summed E-state index contributed by atoms with van der Waals surface area (Å²) in [4.78, 5) is 88.6. The summed E-state index contributed by atoms with van der Waals surface area (Å²) in [6.45, 7) is 7.97. The number of nitro groups is 1. The standard InChI is InChI=1S/C38H47N7O9/c1-23(2)20-31(43-34(47)24(3)39-33(46)26(5)41-38(51)54-22-28-14-10-7-11-15-28)36(49)40-25(4)35(48)44-32(21-27-12-8-6-9-13-27)37(50)42-29-16-18-30(19-17-29)45(52)53/h6-19,23-26,31-32H,20-22H2,1-5H3,(H,39,46)(H,40,49)(H,41,51)(H,42,50)(H,43,47)(H,44,48)/t24-,25-,26-,31-,32-/m0/s1. The number of alkyl carbamates (subject to hydrolysis) is 1. The van der Waals surface area contributed by atoms with E-state index in [0.717, 1.165) is 11.1 Å². The quantitative estimate of drug-likeness (QED) is 0.0830. The molecule has 0 aromatic heterocycles. The predicted octanol–water partition coefficient (Wildman–Crippen LogP) is 3.12. The molecule has 6 amide bonds. The van der Waals surface area contributed by atoms with E-state index in [0.29, 0.717) is 0 Å². The fourth-order valence-electron chi connectivity index (χ4n) is 5.04. The molecule has 0 spiro atoms. The van der Waals surface area contributed by atoms with Gasteiger partial charge in [0.2, 0.25) is 29.5 Å². The second kappa shape index (κ2) is 20.7. The highest BCUT2D eigenvalue weighted by atomic mass is 16.6. The van der Waals surface area contributed by atoms with E-state index in [1.54, 1.807) is 54.6 Å². The van der Waals surface area contributed by atoms with Gasteiger partial charge in [0.05, 0.1) is 4.92 Å². The fourth-order valence-corrected chi connectivity index (χ4v) is 5.04. The van der Waals surface area contributed by atoms with E-state index in [9.17, 15) is 38.9 Å². The summed E-state index contributed by atoms with van der Waals surface area (Å²) < 4.78 is 5.14. The molecule has 0 saturated heterocycles. The zero-order valence-corrected chi connectivity index (χ0v) is 30.8. The van der Waals surface area contributed by atoms with Gasteiger partial charge in [-0.1, -0.05) is 74.5 Å². The number of hydrogen-bond acceptors (Lipinski definition) is 9. The lowest BCUT2D eigenvalue weighted by Crippen LogP contribution is -2.58. The number of rotatable bonds is 18. The van der Waals surface area contributed by atoms with Crippen LogP contribution in [0.5, 0.6) is 0 Å². The average molecular weight is 746 g/mol. The van der Waals surface area contributed by atoms with Crippen LogP contribution in [0.2, 0.25) is 0 Å². The molecule has 54 heavy (non-hydrogen) atoms. The highest BCUT2D eigenvalue weighted by molar-refractivity contribution is 5.99. The maximum absolute atomic E-state index is 13.4. The maximum atomic E-state index is 13.4. The maximum Gasteiger partial charge on any atom is 0.408 e. The number of benzene rings is 3. The summed E-state index contributed by atoms with van der Waals surface area (Å²) in [5.74, 6) is -3.32. The molecule has 0 fully saturated rings. The van der Waals surface area contributed by atoms with Crippen LogP contribution in [0.25, 0.3) is 0 Å². The molecule has 0 heterocycles. The van der Waals surface area contributed by atoms with E-state index in [1.807, 2.05) is 19.9 Å². The molecule has 0 bridgehead atoms. The van der Waals surface area contributed by atoms with Gasteiger partial charge in [0.15, 0.2) is 0 Å². The molecule has 3 rings (SSSR count). The molecule has 0 aliphatic carbocycles. The number of nitro benzene ring substituents is 1. The minimum Gasteiger partial charge on any atom is -0.445 e. The van der Waals surface area contributed by atoms with Gasteiger partial charge in [0.25, 0.3) is 5.69 Å². The van der Waals surface area contributed by atoms with Crippen molar-refractivity contribution in [2.45, 2.75) is 84.3 Å². The van der Waals surface area contributed by atoms with Crippen molar-refractivity contribution in [1.29, 1.82) is 0 Å². The van der Waals surface area contributed by atoms with Crippen molar-refractivity contribution in [2.24, 2.45) is 5.92 Å². The lowest BCUT2D eigenvalue weighted by atomic mass is 10.0. The van der Waals surface area contributed by atoms with Crippen molar-refractivity contribution in [2.75, 3.05) is 5.32 Å². The zero-order chi connectivity index (χ0) is 39.8. The van der Waals surface area contributed by atoms with Crippen molar-refractivity contribution >= 4 is 47.0 Å². The first-order valence-corrected chi connectivity index (χ1v) is 17.4. The molecule has 0 aliphatic rings. The van der Waals surface area contributed by atoms with Crippen LogP contribution < -0.4 is 31.9 Å². The van der Waals surface area contributed by atoms with Crippen LogP contribution in [0.3, 0.4) is 0 Å². The minimum atomic E-state index is -1.14. The number of non-ortho nitro benzene ring substituents is 1. The van der Waals surface area contributed by atoms with Gasteiger partial charge in [-0.05, 0) is 56.4 Å². The van der Waals surface area contributed by atoms with Crippen LogP contribution in [-0.2, 0) is 41.7 Å². The van der Waals surface area contributed by atoms with Gasteiger partial charge < -0.3 is 36.6 Å². The van der Waals surface area contributed by atoms with Crippen LogP contribution in [0, 0.1) is 16.0 Å². The Morgan fingerprint density at radius 1 is 0.593 bits per heavy atom. The molecule has 0 unspecified atom stereocenters. The normalized spacial score (nSPS) is 13.5. The van der Waals surface area contributed by atoms with Gasteiger partial charge in [-0.2, -0.15) is 0 Å². The van der Waals surface area contributed by atoms with E-state index < -0.39 is 70.8 Å². The van der Waals surface area contributed by atoms with E-state index in [1.165, 1.54) is 45.0 Å². The first kappa shape index (κ1) is 42.1. The first-order valence-electron chi connectivity index (χ1n) is 17.4. The van der Waals surface area contributed by atoms with Crippen molar-refractivity contribution in [3.8, 4) is 0 Å². The van der Waals surface area contributed by atoms with Gasteiger partial charge in [-0.25, -0.2) is 4.79 Å². The topological polar surface area (TPSA) is 227 Å². The second-order valence-corrected chi connectivity index (χ2v) is 13.1. The zero-order valence-electron chi connectivity index (χ0n) is 30.8. The Morgan fingerprint density at radius 3 is 1.61 bits per heavy atom. The SMILES string of the molecule is CC(C)C[C@H](NC(=O)[C@H](C)NC(=O)[C@H](C)NC(=O)OCc1ccccc1)C(=O)N[C@@H](C)C(=O)N[C@@H](Cc1ccccc1)C(=O)Nc1ccc([N+](=O)[O-])cc1. The molecule has 0 radical (unpaired) electrons. The number of hydrogen-bond donors (Lipinski definition) is 6. The summed E-state index contributed by atoms with van der Waals surface area (Å²) in [7, 11) is 0. The largest absolute Gasteiger partial charge is 0.445 e. The second-order valence-electron chi connectivity index (χ2n) is 13.1. The number of nitrogens with zero attached hydrogens (tertiary/aromatic N) is 1. The lowest BCUT2D eigenvalue weighted by Gasteiger charge is -2.25. The average Bonchev–Trinajstić information content (AvgIpc) is 3.14. The molecule has 3 aromatic carbocycles. The van der Waals surface area contributed by atoms with Gasteiger partial charge in [-0.15, -0.1) is 0 Å². The molecule has 6 N–H and O–H groups in total. The van der Waals surface area contributed by atoms with Crippen LogP contribution in [0.4, 0.5) is 16.2 Å². The Hall–Kier alpha value is -6.32. The summed E-state index contributed by atoms with van der Waals surface area (Å²) >= 11 is 0. The molecule has 288 valence electrons. The summed E-state index contributed by atoms with van der Waals surface area (Å²) in [5.41, 5.74) is 1.64. The molecule has 16 heteroatoms. The third-order valence-electron chi connectivity index (χ3n) is 8.05. The molecular formula is C38H47N7O9.